The fourth-order valence-corrected chi connectivity index (χ4v) is 4.88. The number of hydrogen-bond acceptors (Lipinski definition) is 4. The zero-order valence-electron chi connectivity index (χ0n) is 18.2. The van der Waals surface area contributed by atoms with Crippen LogP contribution in [-0.2, 0) is 16.1 Å². The van der Waals surface area contributed by atoms with E-state index in [0.29, 0.717) is 62.2 Å². The van der Waals surface area contributed by atoms with Gasteiger partial charge in [0.15, 0.2) is 0 Å². The largest absolute Gasteiger partial charge is 0.372 e. The van der Waals surface area contributed by atoms with Crippen LogP contribution in [0.2, 0.25) is 10.0 Å². The summed E-state index contributed by atoms with van der Waals surface area (Å²) in [4.78, 5) is 29.0. The third-order valence-electron chi connectivity index (χ3n) is 6.25. The minimum atomic E-state index is -0.506. The van der Waals surface area contributed by atoms with Gasteiger partial charge in [-0.2, -0.15) is 0 Å². The highest BCUT2D eigenvalue weighted by atomic mass is 35.5. The van der Waals surface area contributed by atoms with Crippen LogP contribution in [0.3, 0.4) is 0 Å². The predicted octanol–water partition coefficient (Wildman–Crippen LogP) is 3.76. The van der Waals surface area contributed by atoms with Crippen molar-refractivity contribution in [2.24, 2.45) is 0 Å². The molecule has 2 aromatic rings. The summed E-state index contributed by atoms with van der Waals surface area (Å²) in [6.45, 7) is 3.37. The molecule has 2 amide bonds. The highest BCUT2D eigenvalue weighted by Crippen LogP contribution is 2.31. The van der Waals surface area contributed by atoms with Crippen molar-refractivity contribution < 1.29 is 18.7 Å². The minimum Gasteiger partial charge on any atom is -0.372 e. The summed E-state index contributed by atoms with van der Waals surface area (Å²) in [6.07, 6.45) is 1.29. The van der Waals surface area contributed by atoms with Crippen LogP contribution in [0.15, 0.2) is 42.5 Å². The number of benzene rings is 2. The van der Waals surface area contributed by atoms with Crippen LogP contribution in [0.4, 0.5) is 4.39 Å². The lowest BCUT2D eigenvalue weighted by molar-refractivity contribution is -0.141. The Morgan fingerprint density at radius 1 is 1.09 bits per heavy atom. The van der Waals surface area contributed by atoms with Gasteiger partial charge in [-0.25, -0.2) is 4.39 Å². The predicted molar refractivity (Wildman–Crippen MR) is 125 cm³/mol. The van der Waals surface area contributed by atoms with Crippen LogP contribution in [0.5, 0.6) is 0 Å². The number of nitrogens with one attached hydrogen (secondary N) is 1. The van der Waals surface area contributed by atoms with Crippen molar-refractivity contribution in [1.29, 1.82) is 0 Å². The van der Waals surface area contributed by atoms with Crippen LogP contribution < -0.4 is 5.32 Å². The lowest BCUT2D eigenvalue weighted by Crippen LogP contribution is -2.58. The van der Waals surface area contributed by atoms with Crippen molar-refractivity contribution in [3.8, 4) is 0 Å². The highest BCUT2D eigenvalue weighted by Gasteiger charge is 2.41. The quantitative estimate of drug-likeness (QED) is 0.688. The van der Waals surface area contributed by atoms with Crippen LogP contribution in [0, 0.1) is 5.82 Å². The summed E-state index contributed by atoms with van der Waals surface area (Å²) < 4.78 is 20.1. The maximum Gasteiger partial charge on any atom is 0.256 e. The van der Waals surface area contributed by atoms with E-state index < -0.39 is 11.4 Å². The molecule has 0 atom stereocenters. The van der Waals surface area contributed by atoms with E-state index in [-0.39, 0.29) is 23.9 Å². The molecule has 0 bridgehead atoms. The lowest BCUT2D eigenvalue weighted by atomic mass is 9.89. The Morgan fingerprint density at radius 2 is 1.85 bits per heavy atom. The number of carbonyl (C=O) groups excluding carboxylic acids is 2. The van der Waals surface area contributed by atoms with Crippen molar-refractivity contribution >= 4 is 35.0 Å². The highest BCUT2D eigenvalue weighted by molar-refractivity contribution is 6.35. The molecule has 0 aromatic heterocycles. The molecule has 0 aliphatic carbocycles. The van der Waals surface area contributed by atoms with E-state index >= 15 is 0 Å². The Hall–Kier alpha value is -2.19. The van der Waals surface area contributed by atoms with E-state index in [1.165, 1.54) is 12.1 Å². The molecule has 2 aliphatic rings. The SMILES string of the molecule is O=C(CN1CCOC2(CCN(C(=O)c3ccccc3F)CC2)C1)NCc1ccc(Cl)cc1Cl. The van der Waals surface area contributed by atoms with E-state index in [4.69, 9.17) is 27.9 Å². The van der Waals surface area contributed by atoms with Gasteiger partial charge in [0.1, 0.15) is 5.82 Å². The third kappa shape index (κ3) is 5.84. The smallest absolute Gasteiger partial charge is 0.256 e. The fraction of sp³-hybridized carbons (Fsp3) is 0.417. The third-order valence-corrected chi connectivity index (χ3v) is 6.84. The number of ether oxygens (including phenoxy) is 1. The normalized spacial score (nSPS) is 18.3. The van der Waals surface area contributed by atoms with E-state index in [2.05, 4.69) is 10.2 Å². The molecule has 176 valence electrons. The topological polar surface area (TPSA) is 61.9 Å². The Bertz CT molecular complexity index is 1030. The van der Waals surface area contributed by atoms with Crippen molar-refractivity contribution in [2.75, 3.05) is 39.3 Å². The van der Waals surface area contributed by atoms with E-state index in [9.17, 15) is 14.0 Å². The van der Waals surface area contributed by atoms with Crippen molar-refractivity contribution in [2.45, 2.75) is 25.0 Å². The zero-order chi connectivity index (χ0) is 23.4. The van der Waals surface area contributed by atoms with Gasteiger partial charge in [0.2, 0.25) is 5.91 Å². The molecule has 2 aromatic carbocycles. The van der Waals surface area contributed by atoms with E-state index in [0.717, 1.165) is 5.56 Å². The molecule has 2 fully saturated rings. The van der Waals surface area contributed by atoms with Crippen molar-refractivity contribution in [3.63, 3.8) is 0 Å². The molecule has 1 spiro atoms. The first kappa shape index (κ1) is 24.0. The number of morpholine rings is 1. The van der Waals surface area contributed by atoms with Gasteiger partial charge in [-0.05, 0) is 42.7 Å². The molecule has 2 heterocycles. The van der Waals surface area contributed by atoms with Crippen LogP contribution in [-0.4, -0.2) is 66.5 Å². The molecule has 2 aliphatic heterocycles. The zero-order valence-corrected chi connectivity index (χ0v) is 19.7. The van der Waals surface area contributed by atoms with Gasteiger partial charge in [-0.3, -0.25) is 14.5 Å². The average molecular weight is 494 g/mol. The van der Waals surface area contributed by atoms with Crippen LogP contribution in [0.1, 0.15) is 28.8 Å². The van der Waals surface area contributed by atoms with Gasteiger partial charge < -0.3 is 15.0 Å². The maximum absolute atomic E-state index is 14.0. The van der Waals surface area contributed by atoms with Crippen LogP contribution in [0.25, 0.3) is 0 Å². The molecule has 33 heavy (non-hydrogen) atoms. The van der Waals surface area contributed by atoms with Gasteiger partial charge in [0, 0.05) is 42.8 Å². The number of piperidine rings is 1. The van der Waals surface area contributed by atoms with Gasteiger partial charge in [0.25, 0.3) is 5.91 Å². The summed E-state index contributed by atoms with van der Waals surface area (Å²) >= 11 is 12.1. The van der Waals surface area contributed by atoms with Crippen LogP contribution >= 0.6 is 23.2 Å². The second-order valence-corrected chi connectivity index (χ2v) is 9.37. The summed E-state index contributed by atoms with van der Waals surface area (Å²) in [5.41, 5.74) is 0.501. The van der Waals surface area contributed by atoms with E-state index in [1.807, 2.05) is 0 Å². The first-order valence-corrected chi connectivity index (χ1v) is 11.7. The molecule has 2 saturated heterocycles. The number of amides is 2. The Labute approximate surface area is 202 Å². The standard InChI is InChI=1S/C24H26Cl2FN3O3/c25-18-6-5-17(20(26)13-18)14-28-22(31)15-29-11-12-33-24(16-29)7-9-30(10-8-24)23(32)19-3-1-2-4-21(19)27/h1-6,13H,7-12,14-16H2,(H,28,31). The molecule has 6 nitrogen and oxygen atoms in total. The van der Waals surface area contributed by atoms with Gasteiger partial charge >= 0.3 is 0 Å². The van der Waals surface area contributed by atoms with E-state index in [1.54, 1.807) is 35.2 Å². The molecular weight excluding hydrogens is 468 g/mol. The number of rotatable bonds is 5. The number of hydrogen-bond donors (Lipinski definition) is 1. The molecule has 9 heteroatoms. The second kappa shape index (κ2) is 10.4. The molecule has 0 radical (unpaired) electrons. The monoisotopic (exact) mass is 493 g/mol. The second-order valence-electron chi connectivity index (χ2n) is 8.53. The van der Waals surface area contributed by atoms with Crippen molar-refractivity contribution in [3.05, 3.63) is 69.5 Å². The first-order chi connectivity index (χ1) is 15.8. The Balaban J connectivity index is 1.28. The molecule has 1 N–H and O–H groups in total. The van der Waals surface area contributed by atoms with Gasteiger partial charge in [-0.15, -0.1) is 0 Å². The number of likely N-dealkylation sites (tertiary alicyclic amines) is 1. The number of halogens is 3. The fourth-order valence-electron chi connectivity index (χ4n) is 4.40. The molecular formula is C24H26Cl2FN3O3. The summed E-state index contributed by atoms with van der Waals surface area (Å²) in [6, 6.07) is 11.2. The molecule has 0 saturated carbocycles. The Morgan fingerprint density at radius 3 is 2.58 bits per heavy atom. The van der Waals surface area contributed by atoms with Gasteiger partial charge in [0.05, 0.1) is 24.3 Å². The minimum absolute atomic E-state index is 0.0924. The molecule has 4 rings (SSSR count). The lowest BCUT2D eigenvalue weighted by Gasteiger charge is -2.47. The average Bonchev–Trinajstić information content (AvgIpc) is 2.79. The first-order valence-electron chi connectivity index (χ1n) is 11.0. The Kier molecular flexibility index (Phi) is 7.54. The maximum atomic E-state index is 14.0. The summed E-state index contributed by atoms with van der Waals surface area (Å²) in [5, 5.41) is 3.98. The summed E-state index contributed by atoms with van der Waals surface area (Å²) in [7, 11) is 0. The van der Waals surface area contributed by atoms with Gasteiger partial charge in [-0.1, -0.05) is 41.4 Å². The number of carbonyl (C=O) groups is 2. The summed E-state index contributed by atoms with van der Waals surface area (Å²) in [5.74, 6) is -0.894. The molecule has 0 unspecified atom stereocenters. The van der Waals surface area contributed by atoms with Crippen molar-refractivity contribution in [1.82, 2.24) is 15.1 Å². The number of nitrogens with zero attached hydrogens (tertiary/aromatic N) is 2.